The van der Waals surface area contributed by atoms with E-state index in [4.69, 9.17) is 9.47 Å². The van der Waals surface area contributed by atoms with Crippen molar-refractivity contribution in [3.05, 3.63) is 82.7 Å². The Morgan fingerprint density at radius 3 is 2.58 bits per heavy atom. The standard InChI is InChI=1S/C31H34FNO6S/c1-18-12-13-33(15-18)19(2)16-38-24-8-5-21(6-9-24)31-28(25-14-23(34)7-4-22(25)17-40(36)37)20(3)29-27(39-31)11-10-26(35)30(29)32/h4-11,14,18-19,31,34-35H,12-13,15-17H2,1-3H3,(H,36,37)/t18-,19+,31?/m1/s1. The lowest BCUT2D eigenvalue weighted by atomic mass is 9.84. The van der Waals surface area contributed by atoms with Crippen molar-refractivity contribution in [1.29, 1.82) is 0 Å². The molecule has 9 heteroatoms. The molecule has 3 aromatic rings. The molecule has 212 valence electrons. The minimum Gasteiger partial charge on any atom is -0.508 e. The Hall–Kier alpha value is -3.40. The van der Waals surface area contributed by atoms with Crippen molar-refractivity contribution in [3.63, 3.8) is 0 Å². The summed E-state index contributed by atoms with van der Waals surface area (Å²) in [6.45, 7) is 8.88. The summed E-state index contributed by atoms with van der Waals surface area (Å²) < 4.78 is 49.0. The fourth-order valence-electron chi connectivity index (χ4n) is 5.59. The second kappa shape index (κ2) is 11.6. The first kappa shape index (κ1) is 28.1. The molecule has 40 heavy (non-hydrogen) atoms. The van der Waals surface area contributed by atoms with E-state index in [9.17, 15) is 19.0 Å². The molecule has 2 aliphatic heterocycles. The van der Waals surface area contributed by atoms with Gasteiger partial charge in [0.2, 0.25) is 0 Å². The molecule has 0 radical (unpaired) electrons. The van der Waals surface area contributed by atoms with Gasteiger partial charge < -0.3 is 24.2 Å². The summed E-state index contributed by atoms with van der Waals surface area (Å²) in [5, 5.41) is 20.4. The molecule has 2 heterocycles. The number of nitrogens with zero attached hydrogens (tertiary/aromatic N) is 1. The van der Waals surface area contributed by atoms with Crippen LogP contribution in [0.15, 0.2) is 54.6 Å². The van der Waals surface area contributed by atoms with Crippen LogP contribution in [-0.2, 0) is 16.8 Å². The number of phenols is 2. The summed E-state index contributed by atoms with van der Waals surface area (Å²) in [7, 11) is 0. The van der Waals surface area contributed by atoms with Crippen LogP contribution in [0.4, 0.5) is 4.39 Å². The van der Waals surface area contributed by atoms with Gasteiger partial charge in [0, 0.05) is 18.2 Å². The highest BCUT2D eigenvalue weighted by molar-refractivity contribution is 7.78. The number of halogens is 1. The van der Waals surface area contributed by atoms with E-state index >= 15 is 4.39 Å². The van der Waals surface area contributed by atoms with Crippen molar-refractivity contribution in [1.82, 2.24) is 4.90 Å². The quantitative estimate of drug-likeness (QED) is 0.282. The maximum Gasteiger partial charge on any atom is 0.176 e. The highest BCUT2D eigenvalue weighted by Crippen LogP contribution is 2.49. The molecule has 3 N–H and O–H groups in total. The van der Waals surface area contributed by atoms with Crippen LogP contribution in [0.1, 0.15) is 55.5 Å². The summed E-state index contributed by atoms with van der Waals surface area (Å²) in [5.74, 6) is 0.127. The molecular weight excluding hydrogens is 533 g/mol. The molecule has 4 atom stereocenters. The average Bonchev–Trinajstić information content (AvgIpc) is 3.36. The molecule has 0 bridgehead atoms. The minimum atomic E-state index is -2.15. The first-order valence-corrected chi connectivity index (χ1v) is 14.7. The van der Waals surface area contributed by atoms with Crippen LogP contribution in [0.2, 0.25) is 0 Å². The van der Waals surface area contributed by atoms with Gasteiger partial charge in [-0.1, -0.05) is 25.1 Å². The zero-order chi connectivity index (χ0) is 28.6. The van der Waals surface area contributed by atoms with Crippen LogP contribution in [0.5, 0.6) is 23.0 Å². The predicted octanol–water partition coefficient (Wildman–Crippen LogP) is 6.13. The van der Waals surface area contributed by atoms with E-state index in [1.165, 1.54) is 30.7 Å². The maximum absolute atomic E-state index is 15.2. The topological polar surface area (TPSA) is 99.5 Å². The van der Waals surface area contributed by atoms with Crippen molar-refractivity contribution in [3.8, 4) is 23.0 Å². The second-order valence-electron chi connectivity index (χ2n) is 10.7. The summed E-state index contributed by atoms with van der Waals surface area (Å²) in [6.07, 6.45) is 0.487. The Labute approximate surface area is 236 Å². The van der Waals surface area contributed by atoms with Gasteiger partial charge in [0.15, 0.2) is 22.6 Å². The first-order valence-electron chi connectivity index (χ1n) is 13.4. The number of fused-ring (bicyclic) bond motifs is 1. The fraction of sp³-hybridized carbons (Fsp3) is 0.355. The Balaban J connectivity index is 1.50. The van der Waals surface area contributed by atoms with Crippen LogP contribution >= 0.6 is 0 Å². The largest absolute Gasteiger partial charge is 0.508 e. The highest BCUT2D eigenvalue weighted by atomic mass is 32.2. The van der Waals surface area contributed by atoms with Crippen molar-refractivity contribution < 1.29 is 32.8 Å². The van der Waals surface area contributed by atoms with Crippen LogP contribution in [0.25, 0.3) is 11.1 Å². The van der Waals surface area contributed by atoms with Gasteiger partial charge in [-0.2, -0.15) is 0 Å². The molecule has 0 aromatic heterocycles. The lowest BCUT2D eigenvalue weighted by Gasteiger charge is -2.32. The van der Waals surface area contributed by atoms with Gasteiger partial charge in [-0.15, -0.1) is 0 Å². The number of rotatable bonds is 8. The second-order valence-corrected chi connectivity index (χ2v) is 11.7. The van der Waals surface area contributed by atoms with Crippen LogP contribution in [0, 0.1) is 11.7 Å². The maximum atomic E-state index is 15.2. The van der Waals surface area contributed by atoms with E-state index in [1.807, 2.05) is 24.3 Å². The first-order chi connectivity index (χ1) is 19.1. The minimum absolute atomic E-state index is 0.0473. The molecule has 7 nitrogen and oxygen atoms in total. The van der Waals surface area contributed by atoms with Gasteiger partial charge in [-0.05, 0) is 91.4 Å². The number of benzene rings is 3. The smallest absolute Gasteiger partial charge is 0.176 e. The molecule has 0 amide bonds. The third kappa shape index (κ3) is 5.73. The zero-order valence-corrected chi connectivity index (χ0v) is 23.6. The van der Waals surface area contributed by atoms with Crippen LogP contribution < -0.4 is 9.47 Å². The van der Waals surface area contributed by atoms with Crippen molar-refractivity contribution in [2.45, 2.75) is 45.1 Å². The van der Waals surface area contributed by atoms with E-state index in [-0.39, 0.29) is 22.8 Å². The predicted molar refractivity (Wildman–Crippen MR) is 153 cm³/mol. The van der Waals surface area contributed by atoms with E-state index in [2.05, 4.69) is 18.7 Å². The Morgan fingerprint density at radius 1 is 1.15 bits per heavy atom. The molecule has 1 saturated heterocycles. The third-order valence-corrected chi connectivity index (χ3v) is 8.34. The van der Waals surface area contributed by atoms with Crippen LogP contribution in [0.3, 0.4) is 0 Å². The molecule has 5 rings (SSSR count). The lowest BCUT2D eigenvalue weighted by molar-refractivity contribution is 0.169. The number of allylic oxidation sites excluding steroid dienone is 1. The lowest BCUT2D eigenvalue weighted by Crippen LogP contribution is -2.35. The molecule has 0 saturated carbocycles. The number of ether oxygens (including phenoxy) is 2. The normalized spacial score (nSPS) is 20.6. The number of likely N-dealkylation sites (tertiary alicyclic amines) is 1. The number of aromatic hydroxyl groups is 2. The number of phenolic OH excluding ortho intramolecular Hbond substituents is 2. The van der Waals surface area contributed by atoms with Gasteiger partial charge in [0.25, 0.3) is 0 Å². The number of hydrogen-bond acceptors (Lipinski definition) is 6. The Morgan fingerprint density at radius 2 is 1.90 bits per heavy atom. The van der Waals surface area contributed by atoms with Gasteiger partial charge in [0.1, 0.15) is 30.0 Å². The van der Waals surface area contributed by atoms with E-state index in [0.29, 0.717) is 46.6 Å². The molecule has 2 aliphatic rings. The van der Waals surface area contributed by atoms with E-state index in [1.54, 1.807) is 13.0 Å². The van der Waals surface area contributed by atoms with E-state index in [0.717, 1.165) is 18.7 Å². The molecular formula is C31H34FNO6S. The fourth-order valence-corrected chi connectivity index (χ4v) is 6.11. The monoisotopic (exact) mass is 567 g/mol. The number of hydrogen-bond donors (Lipinski definition) is 3. The summed E-state index contributed by atoms with van der Waals surface area (Å²) in [4.78, 5) is 2.44. The molecule has 0 spiro atoms. The Bertz CT molecular complexity index is 1460. The molecule has 3 aromatic carbocycles. The van der Waals surface area contributed by atoms with Gasteiger partial charge >= 0.3 is 0 Å². The summed E-state index contributed by atoms with van der Waals surface area (Å²) >= 11 is -2.15. The average molecular weight is 568 g/mol. The molecule has 1 fully saturated rings. The summed E-state index contributed by atoms with van der Waals surface area (Å²) in [5.41, 5.74) is 2.84. The molecule has 0 aliphatic carbocycles. The summed E-state index contributed by atoms with van der Waals surface area (Å²) in [6, 6.07) is 15.1. The molecule has 2 unspecified atom stereocenters. The van der Waals surface area contributed by atoms with Gasteiger partial charge in [0.05, 0.1) is 11.3 Å². The zero-order valence-electron chi connectivity index (χ0n) is 22.8. The van der Waals surface area contributed by atoms with Gasteiger partial charge in [-0.25, -0.2) is 8.60 Å². The Kier molecular flexibility index (Phi) is 8.16. The van der Waals surface area contributed by atoms with Crippen molar-refractivity contribution in [2.24, 2.45) is 5.92 Å². The van der Waals surface area contributed by atoms with E-state index < -0.39 is 28.8 Å². The van der Waals surface area contributed by atoms with Crippen molar-refractivity contribution in [2.75, 3.05) is 19.7 Å². The third-order valence-electron chi connectivity index (χ3n) is 7.78. The SMILES string of the molecule is CC1=C(c2cc(O)ccc2CS(=O)O)C(c2ccc(OC[C@H](C)N3CC[C@@H](C)C3)cc2)Oc2ccc(O)c(F)c21. The van der Waals surface area contributed by atoms with Gasteiger partial charge in [-0.3, -0.25) is 4.90 Å². The highest BCUT2D eigenvalue weighted by Gasteiger charge is 2.33. The van der Waals surface area contributed by atoms with Crippen LogP contribution in [-0.4, -0.2) is 49.6 Å². The van der Waals surface area contributed by atoms with Crippen molar-refractivity contribution >= 4 is 22.2 Å².